The molecule has 0 unspecified atom stereocenters. The van der Waals surface area contributed by atoms with E-state index in [9.17, 15) is 0 Å². The van der Waals surface area contributed by atoms with E-state index >= 15 is 0 Å². The van der Waals surface area contributed by atoms with E-state index in [0.717, 1.165) is 34.0 Å². The monoisotopic (exact) mass is 320 g/mol. The molecule has 114 valence electrons. The molecule has 0 saturated carbocycles. The maximum Gasteiger partial charge on any atom is 0.194 e. The molecule has 3 aromatic heterocycles. The molecule has 0 atom stereocenters. The number of thiazole rings is 1. The number of rotatable bonds is 4. The molecule has 4 rings (SSSR count). The standard InChI is InChI=1S/C18H16N4S/c19-9-8-15-17(14-7-4-10-20-11-14)21-18-22(15)16(12-23-18)13-5-2-1-3-6-13/h1-7,10-12H,8-9,19H2. The predicted molar refractivity (Wildman–Crippen MR) is 94.5 cm³/mol. The highest BCUT2D eigenvalue weighted by Gasteiger charge is 2.18. The zero-order valence-corrected chi connectivity index (χ0v) is 13.3. The molecular formula is C18H16N4S. The van der Waals surface area contributed by atoms with Crippen LogP contribution in [0.15, 0.2) is 60.2 Å². The van der Waals surface area contributed by atoms with Crippen LogP contribution < -0.4 is 5.73 Å². The molecule has 2 N–H and O–H groups in total. The maximum atomic E-state index is 5.86. The van der Waals surface area contributed by atoms with Gasteiger partial charge in [-0.15, -0.1) is 11.3 Å². The Bertz CT molecular complexity index is 926. The summed E-state index contributed by atoms with van der Waals surface area (Å²) in [5.74, 6) is 0. The van der Waals surface area contributed by atoms with Gasteiger partial charge in [-0.2, -0.15) is 0 Å². The average Bonchev–Trinajstić information content (AvgIpc) is 3.17. The van der Waals surface area contributed by atoms with Crippen LogP contribution in [0.5, 0.6) is 0 Å². The van der Waals surface area contributed by atoms with Gasteiger partial charge in [0.1, 0.15) is 0 Å². The number of hydrogen-bond acceptors (Lipinski definition) is 4. The van der Waals surface area contributed by atoms with E-state index in [1.165, 1.54) is 5.56 Å². The second kappa shape index (κ2) is 5.95. The van der Waals surface area contributed by atoms with Crippen LogP contribution >= 0.6 is 11.3 Å². The molecule has 0 aliphatic carbocycles. The average molecular weight is 320 g/mol. The van der Waals surface area contributed by atoms with Crippen LogP contribution in [0.4, 0.5) is 0 Å². The highest BCUT2D eigenvalue weighted by atomic mass is 32.1. The fourth-order valence-electron chi connectivity index (χ4n) is 2.83. The lowest BCUT2D eigenvalue weighted by Gasteiger charge is -2.06. The van der Waals surface area contributed by atoms with Gasteiger partial charge in [0.25, 0.3) is 0 Å². The zero-order chi connectivity index (χ0) is 15.6. The van der Waals surface area contributed by atoms with Crippen molar-refractivity contribution in [3.05, 3.63) is 65.9 Å². The van der Waals surface area contributed by atoms with E-state index in [-0.39, 0.29) is 0 Å². The molecule has 0 aliphatic rings. The van der Waals surface area contributed by atoms with Gasteiger partial charge < -0.3 is 5.73 Å². The van der Waals surface area contributed by atoms with Crippen molar-refractivity contribution < 1.29 is 0 Å². The summed E-state index contributed by atoms with van der Waals surface area (Å²) >= 11 is 1.65. The van der Waals surface area contributed by atoms with Gasteiger partial charge in [-0.3, -0.25) is 9.38 Å². The fraction of sp³-hybridized carbons (Fsp3) is 0.111. The Labute approximate surface area is 138 Å². The second-order valence-electron chi connectivity index (χ2n) is 5.29. The van der Waals surface area contributed by atoms with Crippen molar-refractivity contribution in [3.63, 3.8) is 0 Å². The normalized spacial score (nSPS) is 11.2. The van der Waals surface area contributed by atoms with Gasteiger partial charge in [-0.1, -0.05) is 30.3 Å². The van der Waals surface area contributed by atoms with E-state index in [1.807, 2.05) is 24.4 Å². The number of nitrogens with zero attached hydrogens (tertiary/aromatic N) is 3. The maximum absolute atomic E-state index is 5.86. The van der Waals surface area contributed by atoms with Crippen molar-refractivity contribution >= 4 is 16.3 Å². The Morgan fingerprint density at radius 3 is 2.61 bits per heavy atom. The van der Waals surface area contributed by atoms with Gasteiger partial charge in [0.05, 0.1) is 17.1 Å². The minimum Gasteiger partial charge on any atom is -0.330 e. The Morgan fingerprint density at radius 1 is 1.04 bits per heavy atom. The molecule has 4 nitrogen and oxygen atoms in total. The van der Waals surface area contributed by atoms with Crippen molar-refractivity contribution in [3.8, 4) is 22.5 Å². The van der Waals surface area contributed by atoms with Crippen molar-refractivity contribution in [1.29, 1.82) is 0 Å². The molecule has 0 fully saturated rings. The second-order valence-corrected chi connectivity index (χ2v) is 6.13. The lowest BCUT2D eigenvalue weighted by molar-refractivity contribution is 0.913. The SMILES string of the molecule is NCCc1c(-c2cccnc2)nc2scc(-c3ccccc3)n12. The minimum absolute atomic E-state index is 0.588. The lowest BCUT2D eigenvalue weighted by atomic mass is 10.1. The summed E-state index contributed by atoms with van der Waals surface area (Å²) in [6.45, 7) is 0.588. The van der Waals surface area contributed by atoms with Gasteiger partial charge in [0, 0.05) is 29.8 Å². The van der Waals surface area contributed by atoms with Crippen LogP contribution in [-0.4, -0.2) is 20.9 Å². The first-order chi connectivity index (χ1) is 11.4. The van der Waals surface area contributed by atoms with E-state index in [1.54, 1.807) is 17.5 Å². The quantitative estimate of drug-likeness (QED) is 0.625. The van der Waals surface area contributed by atoms with Crippen LogP contribution in [0.25, 0.3) is 27.5 Å². The summed E-state index contributed by atoms with van der Waals surface area (Å²) in [5.41, 5.74) is 11.4. The first-order valence-corrected chi connectivity index (χ1v) is 8.41. The van der Waals surface area contributed by atoms with Crippen molar-refractivity contribution in [1.82, 2.24) is 14.4 Å². The van der Waals surface area contributed by atoms with Crippen LogP contribution in [0.1, 0.15) is 5.69 Å². The summed E-state index contributed by atoms with van der Waals surface area (Å²) in [6, 6.07) is 14.4. The Hall–Kier alpha value is -2.50. The fourth-order valence-corrected chi connectivity index (χ4v) is 3.74. The summed E-state index contributed by atoms with van der Waals surface area (Å²) in [6.07, 6.45) is 4.41. The van der Waals surface area contributed by atoms with E-state index < -0.39 is 0 Å². The molecule has 0 radical (unpaired) electrons. The van der Waals surface area contributed by atoms with Crippen molar-refractivity contribution in [2.75, 3.05) is 6.54 Å². The zero-order valence-electron chi connectivity index (χ0n) is 12.5. The number of aromatic nitrogens is 3. The number of hydrogen-bond donors (Lipinski definition) is 1. The topological polar surface area (TPSA) is 56.2 Å². The van der Waals surface area contributed by atoms with Gasteiger partial charge in [0.2, 0.25) is 0 Å². The van der Waals surface area contributed by atoms with Crippen LogP contribution in [0, 0.1) is 0 Å². The highest BCUT2D eigenvalue weighted by molar-refractivity contribution is 7.15. The molecule has 4 aromatic rings. The van der Waals surface area contributed by atoms with E-state index in [0.29, 0.717) is 6.54 Å². The van der Waals surface area contributed by atoms with Gasteiger partial charge in [-0.25, -0.2) is 4.98 Å². The highest BCUT2D eigenvalue weighted by Crippen LogP contribution is 2.32. The van der Waals surface area contributed by atoms with Gasteiger partial charge >= 0.3 is 0 Å². The third-order valence-electron chi connectivity index (χ3n) is 3.84. The number of fused-ring (bicyclic) bond motifs is 1. The van der Waals surface area contributed by atoms with Crippen LogP contribution in [-0.2, 0) is 6.42 Å². The predicted octanol–water partition coefficient (Wildman–Crippen LogP) is 3.63. The Balaban J connectivity index is 1.97. The molecule has 0 amide bonds. The third kappa shape index (κ3) is 2.44. The summed E-state index contributed by atoms with van der Waals surface area (Å²) in [7, 11) is 0. The largest absolute Gasteiger partial charge is 0.330 e. The summed E-state index contributed by atoms with van der Waals surface area (Å²) < 4.78 is 2.23. The number of nitrogens with two attached hydrogens (primary N) is 1. The third-order valence-corrected chi connectivity index (χ3v) is 4.67. The molecule has 23 heavy (non-hydrogen) atoms. The Morgan fingerprint density at radius 2 is 1.87 bits per heavy atom. The first kappa shape index (κ1) is 14.1. The van der Waals surface area contributed by atoms with E-state index in [4.69, 9.17) is 10.7 Å². The molecular weight excluding hydrogens is 304 g/mol. The Kier molecular flexibility index (Phi) is 3.65. The lowest BCUT2D eigenvalue weighted by Crippen LogP contribution is -2.06. The number of benzene rings is 1. The molecule has 5 heteroatoms. The van der Waals surface area contributed by atoms with Crippen molar-refractivity contribution in [2.45, 2.75) is 6.42 Å². The molecule has 0 aliphatic heterocycles. The molecule has 0 saturated heterocycles. The molecule has 3 heterocycles. The summed E-state index contributed by atoms with van der Waals surface area (Å²) in [5, 5.41) is 2.16. The first-order valence-electron chi connectivity index (χ1n) is 7.53. The van der Waals surface area contributed by atoms with Gasteiger partial charge in [0.15, 0.2) is 4.96 Å². The van der Waals surface area contributed by atoms with E-state index in [2.05, 4.69) is 39.0 Å². The van der Waals surface area contributed by atoms with Crippen molar-refractivity contribution in [2.24, 2.45) is 5.73 Å². The summed E-state index contributed by atoms with van der Waals surface area (Å²) in [4.78, 5) is 10.0. The minimum atomic E-state index is 0.588. The molecule has 0 bridgehead atoms. The molecule has 0 spiro atoms. The number of pyridine rings is 1. The number of imidazole rings is 1. The smallest absolute Gasteiger partial charge is 0.194 e. The molecule has 1 aromatic carbocycles. The van der Waals surface area contributed by atoms with Crippen LogP contribution in [0.2, 0.25) is 0 Å². The van der Waals surface area contributed by atoms with Gasteiger partial charge in [-0.05, 0) is 24.2 Å². The van der Waals surface area contributed by atoms with Crippen LogP contribution in [0.3, 0.4) is 0 Å².